The summed E-state index contributed by atoms with van der Waals surface area (Å²) in [7, 11) is -8.56. The van der Waals surface area contributed by atoms with E-state index >= 15 is 0 Å². The number of hydrogen-bond acceptors (Lipinski definition) is 19. The molecule has 111 heavy (non-hydrogen) atoms. The first-order valence-corrected chi connectivity index (χ1v) is 38.9. The SMILES string of the molecule is Cc1cc(S(=O)(=O)c2cc(C)c(O)c(C)c2)cc(C)c1O.O=S(=O)(c1ccc(O)cc1)c1ccc(O)cc1.O=S(c1ccc(O)cc1)c1ccc(O)cc1.Oc1ccc(C2(c3ccc(O)cc3)c3ccccc3-c3ccccc32)cc1.Oc1ccc(Oc2ccc(O)cc2)cc1.Oc1ccc(Sc2ccc(O)cc2)cc1. The van der Waals surface area contributed by atoms with Gasteiger partial charge in [-0.2, -0.15) is 0 Å². The quantitative estimate of drug-likeness (QED) is 0.0541. The van der Waals surface area contributed by atoms with Gasteiger partial charge in [-0.15, -0.1) is 0 Å². The van der Waals surface area contributed by atoms with Gasteiger partial charge in [-0.1, -0.05) is 84.6 Å². The van der Waals surface area contributed by atoms with Crippen LogP contribution in [-0.4, -0.2) is 82.3 Å². The molecular weight excluding hydrogens is 1490 g/mol. The molecule has 0 aliphatic heterocycles. The molecular formula is C89H76O18S4. The largest absolute Gasteiger partial charge is 0.508 e. The Morgan fingerprint density at radius 3 is 0.811 bits per heavy atom. The Morgan fingerprint density at radius 1 is 0.288 bits per heavy atom. The Hall–Kier alpha value is -13.1. The van der Waals surface area contributed by atoms with E-state index in [1.807, 2.05) is 48.5 Å². The highest BCUT2D eigenvalue weighted by Gasteiger charge is 2.46. The van der Waals surface area contributed by atoms with Gasteiger partial charge in [-0.05, 0) is 326 Å². The number of benzene rings is 14. The van der Waals surface area contributed by atoms with Gasteiger partial charge >= 0.3 is 0 Å². The lowest BCUT2D eigenvalue weighted by molar-refractivity contribution is 0.459. The zero-order valence-corrected chi connectivity index (χ0v) is 63.2. The van der Waals surface area contributed by atoms with E-state index in [0.29, 0.717) is 43.5 Å². The monoisotopic (exact) mass is 1560 g/mol. The van der Waals surface area contributed by atoms with Crippen molar-refractivity contribution in [3.8, 4) is 91.6 Å². The molecule has 0 amide bonds. The van der Waals surface area contributed by atoms with Crippen molar-refractivity contribution in [2.24, 2.45) is 0 Å². The fourth-order valence-electron chi connectivity index (χ4n) is 11.7. The van der Waals surface area contributed by atoms with Gasteiger partial charge in [0.05, 0.1) is 35.8 Å². The van der Waals surface area contributed by atoms with E-state index < -0.39 is 35.9 Å². The molecule has 1 aliphatic carbocycles. The van der Waals surface area contributed by atoms with Crippen molar-refractivity contribution in [1.82, 2.24) is 0 Å². The lowest BCUT2D eigenvalue weighted by Gasteiger charge is -2.33. The van der Waals surface area contributed by atoms with E-state index in [2.05, 4.69) is 48.5 Å². The normalized spacial score (nSPS) is 11.5. The van der Waals surface area contributed by atoms with Crippen molar-refractivity contribution in [1.29, 1.82) is 0 Å². The molecule has 0 spiro atoms. The molecule has 1 aliphatic rings. The van der Waals surface area contributed by atoms with E-state index in [1.165, 1.54) is 119 Å². The Labute approximate surface area is 648 Å². The van der Waals surface area contributed by atoms with Gasteiger partial charge < -0.3 is 66.0 Å². The third kappa shape index (κ3) is 20.0. The predicted octanol–water partition coefficient (Wildman–Crippen LogP) is 19.0. The van der Waals surface area contributed by atoms with Gasteiger partial charge in [0.2, 0.25) is 19.7 Å². The molecule has 12 N–H and O–H groups in total. The van der Waals surface area contributed by atoms with E-state index in [9.17, 15) is 41.5 Å². The fraction of sp³-hybridized carbons (Fsp3) is 0.0562. The van der Waals surface area contributed by atoms with Crippen LogP contribution in [0.15, 0.2) is 355 Å². The second-order valence-corrected chi connectivity index (χ2v) is 31.7. The number of rotatable bonds is 12. The Kier molecular flexibility index (Phi) is 25.9. The standard InChI is InChI=1S/C25H18O2.C16H18O4S.C12H10O4S.C12H10O3S.C12H10O3.C12H10O2S/c26-19-13-9-17(10-14-19)25(18-11-15-20(27)16-12-18)23-7-3-1-5-21(23)22-6-2-4-8-24(22)25;1-9-5-13(6-10(2)15(9)17)21(19,20)14-7-11(3)16(18)12(4)8-14;13-9-1-5-11(6-2-9)17(15,16)12-7-3-10(14)4-8-12;13-9-1-5-11(6-2-9)16(15)12-7-3-10(14)4-8-12;2*13-9-1-5-11(6-2-9)15-12-7-3-10(14)4-8-12/h1-16,26-27H;5-8,17-18H,1-4H3;1-8,13-14H;1-8,13-14H;2*1-8,13-14H. The van der Waals surface area contributed by atoms with E-state index in [-0.39, 0.29) is 88.6 Å². The smallest absolute Gasteiger partial charge is 0.206 e. The third-order valence-corrected chi connectivity index (χ3v) is 23.2. The molecule has 14 aromatic rings. The van der Waals surface area contributed by atoms with Crippen LogP contribution in [0.5, 0.6) is 80.5 Å². The maximum Gasteiger partial charge on any atom is 0.206 e. The van der Waals surface area contributed by atoms with Gasteiger partial charge in [0.1, 0.15) is 80.5 Å². The summed E-state index contributed by atoms with van der Waals surface area (Å²) in [5.41, 5.74) is 8.60. The van der Waals surface area contributed by atoms with E-state index in [0.717, 1.165) is 20.9 Å². The molecule has 0 saturated heterocycles. The number of ether oxygens (including phenoxy) is 1. The van der Waals surface area contributed by atoms with E-state index in [1.54, 1.807) is 161 Å². The van der Waals surface area contributed by atoms with Crippen LogP contribution < -0.4 is 4.74 Å². The maximum atomic E-state index is 12.7. The van der Waals surface area contributed by atoms with E-state index in [4.69, 9.17) is 45.6 Å². The summed E-state index contributed by atoms with van der Waals surface area (Å²) in [6.45, 7) is 6.65. The highest BCUT2D eigenvalue weighted by atomic mass is 32.2. The van der Waals surface area contributed by atoms with Gasteiger partial charge in [-0.25, -0.2) is 21.0 Å². The summed E-state index contributed by atoms with van der Waals surface area (Å²) < 4.78 is 67.1. The number of phenols is 12. The Bertz CT molecular complexity index is 5280. The minimum Gasteiger partial charge on any atom is -0.508 e. The zero-order valence-electron chi connectivity index (χ0n) is 60.0. The van der Waals surface area contributed by atoms with Crippen LogP contribution in [0.4, 0.5) is 0 Å². The maximum absolute atomic E-state index is 12.7. The van der Waals surface area contributed by atoms with Crippen LogP contribution in [0.3, 0.4) is 0 Å². The molecule has 0 fully saturated rings. The molecule has 564 valence electrons. The van der Waals surface area contributed by atoms with Crippen LogP contribution in [0.2, 0.25) is 0 Å². The minimum absolute atomic E-state index is 0.00894. The van der Waals surface area contributed by atoms with Gasteiger partial charge in [0.15, 0.2) is 0 Å². The van der Waals surface area contributed by atoms with Crippen molar-refractivity contribution < 1.29 is 87.1 Å². The Morgan fingerprint density at radius 2 is 0.523 bits per heavy atom. The van der Waals surface area contributed by atoms with Crippen LogP contribution in [0.1, 0.15) is 44.5 Å². The second kappa shape index (κ2) is 35.7. The summed E-state index contributed by atoms with van der Waals surface area (Å²) in [6.07, 6.45) is 0. The van der Waals surface area contributed by atoms with Crippen LogP contribution in [0.25, 0.3) is 11.1 Å². The highest BCUT2D eigenvalue weighted by Crippen LogP contribution is 2.56. The van der Waals surface area contributed by atoms with Gasteiger partial charge in [0, 0.05) is 19.6 Å². The molecule has 0 radical (unpaired) electrons. The molecule has 0 saturated carbocycles. The van der Waals surface area contributed by atoms with Crippen molar-refractivity contribution in [3.05, 3.63) is 360 Å². The van der Waals surface area contributed by atoms with Crippen molar-refractivity contribution in [2.45, 2.75) is 72.3 Å². The van der Waals surface area contributed by atoms with Crippen molar-refractivity contribution >= 4 is 42.2 Å². The molecule has 0 unspecified atom stereocenters. The van der Waals surface area contributed by atoms with Crippen LogP contribution >= 0.6 is 11.8 Å². The molecule has 0 aromatic heterocycles. The zero-order chi connectivity index (χ0) is 79.7. The average molecular weight is 1560 g/mol. The summed E-state index contributed by atoms with van der Waals surface area (Å²) in [6, 6.07) is 87.6. The first-order valence-electron chi connectivity index (χ1n) is 34.0. The molecule has 0 atom stereocenters. The van der Waals surface area contributed by atoms with Crippen LogP contribution in [0, 0.1) is 27.7 Å². The van der Waals surface area contributed by atoms with Gasteiger partial charge in [0.25, 0.3) is 0 Å². The van der Waals surface area contributed by atoms with Crippen LogP contribution in [-0.2, 0) is 35.9 Å². The summed E-state index contributed by atoms with van der Waals surface area (Å²) in [5.74, 6) is 3.23. The number of aromatic hydroxyl groups is 12. The lowest BCUT2D eigenvalue weighted by atomic mass is 9.68. The summed E-state index contributed by atoms with van der Waals surface area (Å²) >= 11 is 1.58. The number of fused-ring (bicyclic) bond motifs is 3. The first kappa shape index (κ1) is 80.4. The number of hydrogen-bond donors (Lipinski definition) is 12. The third-order valence-electron chi connectivity index (χ3n) is 17.3. The molecule has 0 heterocycles. The minimum atomic E-state index is -3.68. The molecule has 22 heteroatoms. The molecule has 14 aromatic carbocycles. The Balaban J connectivity index is 0.000000144. The predicted molar refractivity (Wildman–Crippen MR) is 427 cm³/mol. The van der Waals surface area contributed by atoms with Gasteiger partial charge in [-0.3, -0.25) is 0 Å². The molecule has 18 nitrogen and oxygen atoms in total. The first-order chi connectivity index (χ1) is 53.0. The summed E-state index contributed by atoms with van der Waals surface area (Å²) in [4.78, 5) is 3.81. The topological polar surface area (TPSA) is 337 Å². The summed E-state index contributed by atoms with van der Waals surface area (Å²) in [5, 5.41) is 112. The second-order valence-electron chi connectivity index (χ2n) is 25.2. The number of phenolic OH excluding ortho intramolecular Hbond substituents is 12. The molecule has 0 bridgehead atoms. The number of aryl methyl sites for hydroxylation is 4. The fourth-order valence-corrected chi connectivity index (χ4v) is 16.4. The average Bonchev–Trinajstić information content (AvgIpc) is 1.56. The lowest BCUT2D eigenvalue weighted by Crippen LogP contribution is -2.28. The van der Waals surface area contributed by atoms with Crippen molar-refractivity contribution in [3.63, 3.8) is 0 Å². The highest BCUT2D eigenvalue weighted by molar-refractivity contribution is 7.99. The van der Waals surface area contributed by atoms with Crippen molar-refractivity contribution in [2.75, 3.05) is 0 Å². The molecule has 15 rings (SSSR count). The number of sulfone groups is 2.